The number of aromatic nitrogens is 2. The summed E-state index contributed by atoms with van der Waals surface area (Å²) in [5.74, 6) is 0. The summed E-state index contributed by atoms with van der Waals surface area (Å²) in [5, 5.41) is 8.68. The van der Waals surface area contributed by atoms with Crippen molar-refractivity contribution in [2.45, 2.75) is 13.5 Å². The summed E-state index contributed by atoms with van der Waals surface area (Å²) in [6.45, 7) is 3.29. The summed E-state index contributed by atoms with van der Waals surface area (Å²) in [7, 11) is 0. The average Bonchev–Trinajstić information content (AvgIpc) is 2.31. The Hall–Kier alpha value is 0.250. The maximum atomic E-state index is 5.14. The highest BCUT2D eigenvalue weighted by atomic mass is 127. The molecule has 0 aromatic carbocycles. The van der Waals surface area contributed by atoms with E-state index in [1.807, 2.05) is 6.92 Å². The lowest BCUT2D eigenvalue weighted by atomic mass is 10.7. The fraction of sp³-hybridized carbons (Fsp3) is 0.600. The lowest BCUT2D eigenvalue weighted by Gasteiger charge is -1.92. The molecule has 10 heavy (non-hydrogen) atoms. The topological polar surface area (TPSA) is 35.0 Å². The Bertz CT molecular complexity index is 203. The Balaban J connectivity index is 2.42. The molecular weight excluding hydrogens is 263 g/mol. The summed E-state index contributed by atoms with van der Waals surface area (Å²) in [6.07, 6.45) is 0. The monoisotopic (exact) mass is 270 g/mol. The van der Waals surface area contributed by atoms with Crippen LogP contribution in [0.2, 0.25) is 0 Å². The summed E-state index contributed by atoms with van der Waals surface area (Å²) in [6, 6.07) is 0. The standard InChI is InChI=1S/C5H7IN2OS/c1-2-9-3-4-7-8-5(6)10-4/h2-3H2,1H3. The van der Waals surface area contributed by atoms with E-state index in [2.05, 4.69) is 32.8 Å². The third-order valence-electron chi connectivity index (χ3n) is 0.872. The molecule has 0 aliphatic rings. The molecule has 0 saturated carbocycles. The molecule has 0 unspecified atom stereocenters. The van der Waals surface area contributed by atoms with Crippen molar-refractivity contribution in [2.75, 3.05) is 6.61 Å². The van der Waals surface area contributed by atoms with E-state index in [4.69, 9.17) is 4.74 Å². The molecule has 0 aliphatic heterocycles. The first-order chi connectivity index (χ1) is 4.83. The lowest BCUT2D eigenvalue weighted by molar-refractivity contribution is 0.133. The number of hydrogen-bond acceptors (Lipinski definition) is 4. The molecule has 0 aliphatic carbocycles. The Morgan fingerprint density at radius 2 is 2.40 bits per heavy atom. The predicted molar refractivity (Wildman–Crippen MR) is 48.0 cm³/mol. The van der Waals surface area contributed by atoms with Crippen LogP contribution >= 0.6 is 33.9 Å². The van der Waals surface area contributed by atoms with Gasteiger partial charge >= 0.3 is 0 Å². The van der Waals surface area contributed by atoms with Gasteiger partial charge in [-0.3, -0.25) is 0 Å². The Kier molecular flexibility index (Phi) is 3.50. The zero-order valence-electron chi connectivity index (χ0n) is 5.50. The molecule has 0 fully saturated rings. The molecular formula is C5H7IN2OS. The molecule has 0 radical (unpaired) electrons. The molecule has 0 bridgehead atoms. The van der Waals surface area contributed by atoms with Crippen LogP contribution in [-0.4, -0.2) is 16.8 Å². The minimum Gasteiger partial charge on any atom is -0.374 e. The van der Waals surface area contributed by atoms with Crippen molar-refractivity contribution in [3.63, 3.8) is 0 Å². The predicted octanol–water partition coefficient (Wildman–Crippen LogP) is 1.68. The molecule has 1 heterocycles. The largest absolute Gasteiger partial charge is 0.374 e. The van der Waals surface area contributed by atoms with Crippen LogP contribution < -0.4 is 0 Å². The van der Waals surface area contributed by atoms with Gasteiger partial charge in [0.05, 0.1) is 0 Å². The van der Waals surface area contributed by atoms with Crippen LogP contribution in [0.25, 0.3) is 0 Å². The van der Waals surface area contributed by atoms with Crippen LogP contribution in [0.15, 0.2) is 0 Å². The maximum absolute atomic E-state index is 5.14. The summed E-state index contributed by atoms with van der Waals surface area (Å²) in [5.41, 5.74) is 0. The number of hydrogen-bond donors (Lipinski definition) is 0. The molecule has 0 atom stereocenters. The Morgan fingerprint density at radius 3 is 2.90 bits per heavy atom. The van der Waals surface area contributed by atoms with E-state index < -0.39 is 0 Å². The van der Waals surface area contributed by atoms with E-state index in [0.29, 0.717) is 6.61 Å². The van der Waals surface area contributed by atoms with E-state index in [-0.39, 0.29) is 0 Å². The van der Waals surface area contributed by atoms with Crippen LogP contribution in [0.4, 0.5) is 0 Å². The fourth-order valence-electron chi connectivity index (χ4n) is 0.481. The van der Waals surface area contributed by atoms with E-state index in [1.54, 1.807) is 11.3 Å². The molecule has 0 saturated heterocycles. The smallest absolute Gasteiger partial charge is 0.178 e. The first-order valence-corrected chi connectivity index (χ1v) is 4.78. The van der Waals surface area contributed by atoms with E-state index >= 15 is 0 Å². The van der Waals surface area contributed by atoms with Crippen LogP contribution in [0.1, 0.15) is 11.9 Å². The second-order valence-corrected chi connectivity index (χ2v) is 4.40. The van der Waals surface area contributed by atoms with Crippen molar-refractivity contribution in [1.29, 1.82) is 0 Å². The highest BCUT2D eigenvalue weighted by molar-refractivity contribution is 14.1. The van der Waals surface area contributed by atoms with E-state index in [1.165, 1.54) is 0 Å². The summed E-state index contributed by atoms with van der Waals surface area (Å²) in [4.78, 5) is 0. The van der Waals surface area contributed by atoms with Gasteiger partial charge in [-0.15, -0.1) is 10.2 Å². The van der Waals surface area contributed by atoms with Crippen molar-refractivity contribution in [2.24, 2.45) is 0 Å². The minimum atomic E-state index is 0.594. The zero-order chi connectivity index (χ0) is 7.40. The van der Waals surface area contributed by atoms with Gasteiger partial charge in [-0.2, -0.15) is 0 Å². The number of nitrogens with zero attached hydrogens (tertiary/aromatic N) is 2. The van der Waals surface area contributed by atoms with Crippen molar-refractivity contribution in [3.8, 4) is 0 Å². The molecule has 56 valence electrons. The third-order valence-corrected chi connectivity index (χ3v) is 2.43. The SMILES string of the molecule is CCOCc1nnc(I)s1. The van der Waals surface area contributed by atoms with Crippen molar-refractivity contribution in [1.82, 2.24) is 10.2 Å². The molecule has 0 N–H and O–H groups in total. The molecule has 1 aromatic rings. The second-order valence-electron chi connectivity index (χ2n) is 1.59. The van der Waals surface area contributed by atoms with Gasteiger partial charge in [-0.25, -0.2) is 0 Å². The van der Waals surface area contributed by atoms with Gasteiger partial charge in [-0.05, 0) is 29.5 Å². The van der Waals surface area contributed by atoms with Gasteiger partial charge in [0, 0.05) is 6.61 Å². The first-order valence-electron chi connectivity index (χ1n) is 2.88. The van der Waals surface area contributed by atoms with E-state index in [0.717, 1.165) is 14.6 Å². The zero-order valence-corrected chi connectivity index (χ0v) is 8.48. The molecule has 5 heteroatoms. The fourth-order valence-corrected chi connectivity index (χ4v) is 1.85. The lowest BCUT2D eigenvalue weighted by Crippen LogP contribution is -1.90. The molecule has 1 aromatic heterocycles. The van der Waals surface area contributed by atoms with Crippen molar-refractivity contribution < 1.29 is 4.74 Å². The van der Waals surface area contributed by atoms with Gasteiger partial charge < -0.3 is 4.74 Å². The Labute approximate surface area is 76.9 Å². The highest BCUT2D eigenvalue weighted by Crippen LogP contribution is 2.11. The summed E-state index contributed by atoms with van der Waals surface area (Å²) >= 11 is 3.71. The van der Waals surface area contributed by atoms with E-state index in [9.17, 15) is 0 Å². The number of halogens is 1. The number of rotatable bonds is 3. The maximum Gasteiger partial charge on any atom is 0.178 e. The number of ether oxygens (including phenoxy) is 1. The minimum absolute atomic E-state index is 0.594. The molecule has 3 nitrogen and oxygen atoms in total. The molecule has 0 spiro atoms. The van der Waals surface area contributed by atoms with Crippen LogP contribution in [-0.2, 0) is 11.3 Å². The van der Waals surface area contributed by atoms with Crippen LogP contribution in [0, 0.1) is 3.01 Å². The second kappa shape index (κ2) is 4.20. The third kappa shape index (κ3) is 2.47. The van der Waals surface area contributed by atoms with Crippen LogP contribution in [0.5, 0.6) is 0 Å². The average molecular weight is 270 g/mol. The van der Waals surface area contributed by atoms with Gasteiger partial charge in [0.2, 0.25) is 0 Å². The first kappa shape index (κ1) is 8.35. The van der Waals surface area contributed by atoms with Gasteiger partial charge in [-0.1, -0.05) is 11.3 Å². The van der Waals surface area contributed by atoms with Crippen LogP contribution in [0.3, 0.4) is 0 Å². The van der Waals surface area contributed by atoms with Gasteiger partial charge in [0.25, 0.3) is 0 Å². The summed E-state index contributed by atoms with van der Waals surface area (Å²) < 4.78 is 6.10. The molecule has 1 rings (SSSR count). The van der Waals surface area contributed by atoms with Gasteiger partial charge in [0.1, 0.15) is 11.6 Å². The molecule has 0 amide bonds. The van der Waals surface area contributed by atoms with Gasteiger partial charge in [0.15, 0.2) is 3.01 Å². The highest BCUT2D eigenvalue weighted by Gasteiger charge is 1.98. The van der Waals surface area contributed by atoms with Crippen molar-refractivity contribution >= 4 is 33.9 Å². The van der Waals surface area contributed by atoms with Crippen molar-refractivity contribution in [3.05, 3.63) is 8.02 Å². The Morgan fingerprint density at radius 1 is 1.60 bits per heavy atom. The normalized spacial score (nSPS) is 10.2. The quantitative estimate of drug-likeness (QED) is 0.784.